The fourth-order valence-corrected chi connectivity index (χ4v) is 6.63. The van der Waals surface area contributed by atoms with Crippen LogP contribution in [0.3, 0.4) is 0 Å². The van der Waals surface area contributed by atoms with E-state index in [0.29, 0.717) is 70.5 Å². The number of ketones is 3. The van der Waals surface area contributed by atoms with Gasteiger partial charge >= 0.3 is 0 Å². The topological polar surface area (TPSA) is 197 Å². The van der Waals surface area contributed by atoms with Crippen LogP contribution in [-0.4, -0.2) is 78.1 Å². The van der Waals surface area contributed by atoms with Crippen LogP contribution in [-0.2, 0) is 39.9 Å². The lowest BCUT2D eigenvalue weighted by atomic mass is 9.77. The Kier molecular flexibility index (Phi) is 29.3. The first-order chi connectivity index (χ1) is 26.5. The molecule has 1 heterocycles. The van der Waals surface area contributed by atoms with E-state index < -0.39 is 23.3 Å². The molecule has 1 rings (SSSR count). The van der Waals surface area contributed by atoms with Gasteiger partial charge in [0.2, 0.25) is 11.8 Å². The zero-order chi connectivity index (χ0) is 40.6. The molecule has 12 nitrogen and oxygen atoms in total. The number of primary amides is 1. The van der Waals surface area contributed by atoms with Crippen LogP contribution in [0.25, 0.3) is 0 Å². The van der Waals surface area contributed by atoms with Crippen LogP contribution in [0.1, 0.15) is 176 Å². The standard InChI is InChI=1S/C43H77N5O7.H2/c1-4-5-6-7-8-9-10-11-12-13-14-15-16-17-18-23-37(49)24-21-26-54-27-28-55-33-41(52)47-25-20-19-22-35(42(45)53)29-40(51)43(2,3)31-39(50)38(44)30-36-32-46-34-48-36;/h32,34-35,38H,4-31,33,44H2,1-3H3,(H2,45,53)(H,46,48)(H,47,52);1H/t35-,38+;/m1./s1. The summed E-state index contributed by atoms with van der Waals surface area (Å²) >= 11 is 0. The van der Waals surface area contributed by atoms with E-state index in [1.807, 2.05) is 0 Å². The monoisotopic (exact) mass is 778 g/mol. The Balaban J connectivity index is 0.0000302. The van der Waals surface area contributed by atoms with Crippen molar-refractivity contribution in [3.63, 3.8) is 0 Å². The smallest absolute Gasteiger partial charge is 0.245 e. The number of Topliss-reactive ketones (excluding diaryl/α,β-unsaturated/α-hetero) is 3. The molecule has 0 aliphatic carbocycles. The summed E-state index contributed by atoms with van der Waals surface area (Å²) in [5.74, 6) is -1.61. The second-order valence-electron chi connectivity index (χ2n) is 16.0. The number of nitrogens with zero attached hydrogens (tertiary/aromatic N) is 1. The van der Waals surface area contributed by atoms with E-state index in [1.165, 1.54) is 89.8 Å². The summed E-state index contributed by atoms with van der Waals surface area (Å²) in [5, 5.41) is 2.79. The molecule has 1 aromatic rings. The van der Waals surface area contributed by atoms with Crippen molar-refractivity contribution in [3.05, 3.63) is 18.2 Å². The van der Waals surface area contributed by atoms with Crippen LogP contribution in [0.4, 0.5) is 0 Å². The van der Waals surface area contributed by atoms with Crippen molar-refractivity contribution in [1.29, 1.82) is 0 Å². The number of rotatable bonds is 39. The molecule has 55 heavy (non-hydrogen) atoms. The number of carbonyl (C=O) groups is 5. The SMILES string of the molecule is CCCCCCCCCCCCCCCCCC(=O)CCCOCCOCC(=O)NCCCC[C@H](CC(=O)C(C)(C)CC(=O)[C@@H](N)Cc1cnc[nH]1)C(N)=O.[HH]. The van der Waals surface area contributed by atoms with Crippen LogP contribution in [0.5, 0.6) is 0 Å². The number of amides is 2. The average Bonchev–Trinajstić information content (AvgIpc) is 3.66. The zero-order valence-electron chi connectivity index (χ0n) is 34.8. The highest BCUT2D eigenvalue weighted by Gasteiger charge is 2.34. The van der Waals surface area contributed by atoms with Gasteiger partial charge < -0.3 is 31.2 Å². The molecule has 0 bridgehead atoms. The highest BCUT2D eigenvalue weighted by molar-refractivity contribution is 5.94. The third-order valence-corrected chi connectivity index (χ3v) is 10.3. The molecule has 0 saturated carbocycles. The first kappa shape index (κ1) is 50.1. The molecule has 0 saturated heterocycles. The predicted octanol–water partition coefficient (Wildman–Crippen LogP) is 7.50. The van der Waals surface area contributed by atoms with Crippen LogP contribution in [0.15, 0.2) is 12.5 Å². The van der Waals surface area contributed by atoms with Gasteiger partial charge in [-0.05, 0) is 25.7 Å². The molecular formula is C43H79N5O7. The Morgan fingerprint density at radius 3 is 1.96 bits per heavy atom. The third kappa shape index (κ3) is 27.3. The third-order valence-electron chi connectivity index (χ3n) is 10.3. The summed E-state index contributed by atoms with van der Waals surface area (Å²) in [7, 11) is 0. The van der Waals surface area contributed by atoms with Crippen molar-refractivity contribution in [2.75, 3.05) is 33.0 Å². The number of H-pyrrole nitrogens is 1. The van der Waals surface area contributed by atoms with Gasteiger partial charge in [-0.1, -0.05) is 117 Å². The van der Waals surface area contributed by atoms with Gasteiger partial charge in [0.15, 0.2) is 5.78 Å². The molecule has 0 spiro atoms. The highest BCUT2D eigenvalue weighted by Crippen LogP contribution is 2.28. The van der Waals surface area contributed by atoms with Crippen LogP contribution >= 0.6 is 0 Å². The Bertz CT molecular complexity index is 1180. The van der Waals surface area contributed by atoms with Gasteiger partial charge in [-0.25, -0.2) is 4.98 Å². The van der Waals surface area contributed by atoms with Gasteiger partial charge in [0, 0.05) is 69.9 Å². The average molecular weight is 778 g/mol. The molecule has 12 heteroatoms. The summed E-state index contributed by atoms with van der Waals surface area (Å²) in [5.41, 5.74) is 11.4. The maximum atomic E-state index is 13.1. The molecule has 2 atom stereocenters. The van der Waals surface area contributed by atoms with E-state index in [9.17, 15) is 24.0 Å². The molecule has 0 aliphatic rings. The molecule has 2 amide bonds. The Morgan fingerprint density at radius 1 is 0.800 bits per heavy atom. The Hall–Kier alpha value is -2.96. The number of unbranched alkanes of at least 4 members (excludes halogenated alkanes) is 15. The van der Waals surface area contributed by atoms with E-state index in [1.54, 1.807) is 20.0 Å². The van der Waals surface area contributed by atoms with Gasteiger partial charge in [-0.3, -0.25) is 24.0 Å². The van der Waals surface area contributed by atoms with Gasteiger partial charge in [-0.2, -0.15) is 0 Å². The minimum Gasteiger partial charge on any atom is -0.379 e. The Morgan fingerprint density at radius 2 is 1.38 bits per heavy atom. The van der Waals surface area contributed by atoms with Crippen molar-refractivity contribution in [2.24, 2.45) is 22.8 Å². The number of ether oxygens (including phenoxy) is 2. The Labute approximate surface area is 333 Å². The van der Waals surface area contributed by atoms with E-state index >= 15 is 0 Å². The fraction of sp³-hybridized carbons (Fsp3) is 0.814. The molecule has 0 fully saturated rings. The maximum Gasteiger partial charge on any atom is 0.245 e. The van der Waals surface area contributed by atoms with E-state index in [-0.39, 0.29) is 45.0 Å². The van der Waals surface area contributed by atoms with Crippen LogP contribution < -0.4 is 16.8 Å². The normalized spacial score (nSPS) is 12.7. The fourth-order valence-electron chi connectivity index (χ4n) is 6.63. The number of hydrogen-bond acceptors (Lipinski definition) is 9. The second kappa shape index (κ2) is 32.2. The van der Waals surface area contributed by atoms with Gasteiger partial charge in [0.25, 0.3) is 0 Å². The lowest BCUT2D eigenvalue weighted by Crippen LogP contribution is -2.39. The molecule has 0 unspecified atom stereocenters. The summed E-state index contributed by atoms with van der Waals surface area (Å²) in [4.78, 5) is 69.0. The molecule has 6 N–H and O–H groups in total. The molecule has 1 aromatic heterocycles. The first-order valence-corrected chi connectivity index (χ1v) is 21.5. The molecule has 0 aromatic carbocycles. The summed E-state index contributed by atoms with van der Waals surface area (Å²) in [6.45, 7) is 7.09. The lowest BCUT2D eigenvalue weighted by Gasteiger charge is -2.25. The van der Waals surface area contributed by atoms with E-state index in [4.69, 9.17) is 20.9 Å². The van der Waals surface area contributed by atoms with Gasteiger partial charge in [0.05, 0.1) is 25.6 Å². The highest BCUT2D eigenvalue weighted by atomic mass is 16.5. The number of imidazole rings is 1. The number of aromatic nitrogens is 2. The number of hydrogen-bond donors (Lipinski definition) is 4. The van der Waals surface area contributed by atoms with E-state index in [0.717, 1.165) is 18.5 Å². The first-order valence-electron chi connectivity index (χ1n) is 21.5. The zero-order valence-corrected chi connectivity index (χ0v) is 34.8. The molecule has 0 radical (unpaired) electrons. The largest absolute Gasteiger partial charge is 0.379 e. The summed E-state index contributed by atoms with van der Waals surface area (Å²) in [6, 6.07) is -0.764. The van der Waals surface area contributed by atoms with Crippen LogP contribution in [0.2, 0.25) is 0 Å². The van der Waals surface area contributed by atoms with Gasteiger partial charge in [0.1, 0.15) is 18.2 Å². The second-order valence-corrected chi connectivity index (χ2v) is 16.0. The molecule has 318 valence electrons. The van der Waals surface area contributed by atoms with Crippen molar-refractivity contribution < 1.29 is 34.9 Å². The number of nitrogens with two attached hydrogens (primary N) is 2. The lowest BCUT2D eigenvalue weighted by molar-refractivity contribution is -0.135. The summed E-state index contributed by atoms with van der Waals surface area (Å²) < 4.78 is 10.9. The maximum absolute atomic E-state index is 13.1. The summed E-state index contributed by atoms with van der Waals surface area (Å²) in [6.07, 6.45) is 26.6. The quantitative estimate of drug-likeness (QED) is 0.0489. The number of nitrogens with one attached hydrogen (secondary N) is 2. The molecule has 0 aliphatic heterocycles. The van der Waals surface area contributed by atoms with E-state index in [2.05, 4.69) is 22.2 Å². The number of aromatic amines is 1. The minimum absolute atomic E-state index is 0. The van der Waals surface area contributed by atoms with Gasteiger partial charge in [-0.15, -0.1) is 0 Å². The van der Waals surface area contributed by atoms with Crippen molar-refractivity contribution >= 4 is 29.2 Å². The molecular weight excluding hydrogens is 699 g/mol. The van der Waals surface area contributed by atoms with Crippen molar-refractivity contribution in [1.82, 2.24) is 15.3 Å². The van der Waals surface area contributed by atoms with Crippen LogP contribution in [0, 0.1) is 11.3 Å². The van der Waals surface area contributed by atoms with Crippen molar-refractivity contribution in [3.8, 4) is 0 Å². The minimum atomic E-state index is -0.987. The van der Waals surface area contributed by atoms with Crippen molar-refractivity contribution in [2.45, 2.75) is 181 Å². The predicted molar refractivity (Wildman–Crippen MR) is 220 cm³/mol. The number of carbonyl (C=O) groups excluding carboxylic acids is 5.